The maximum Gasteiger partial charge on any atom is 0.152 e. The van der Waals surface area contributed by atoms with E-state index in [9.17, 15) is 0 Å². The van der Waals surface area contributed by atoms with Crippen molar-refractivity contribution in [1.29, 1.82) is 5.26 Å². The number of nitrogens with one attached hydrogen (secondary N) is 1. The van der Waals surface area contributed by atoms with Crippen molar-refractivity contribution in [3.05, 3.63) is 57.3 Å². The second-order valence-electron chi connectivity index (χ2n) is 3.61. The van der Waals surface area contributed by atoms with E-state index < -0.39 is 0 Å². The van der Waals surface area contributed by atoms with Gasteiger partial charge in [0, 0.05) is 17.2 Å². The summed E-state index contributed by atoms with van der Waals surface area (Å²) in [6, 6.07) is 11.5. The van der Waals surface area contributed by atoms with Gasteiger partial charge >= 0.3 is 0 Å². The molecule has 0 bridgehead atoms. The highest BCUT2D eigenvalue weighted by atomic mass is 79.9. The van der Waals surface area contributed by atoms with E-state index in [1.54, 1.807) is 12.3 Å². The van der Waals surface area contributed by atoms with Gasteiger partial charge in [-0.3, -0.25) is 0 Å². The van der Waals surface area contributed by atoms with Crippen LogP contribution in [0.2, 0.25) is 5.15 Å². The van der Waals surface area contributed by atoms with Crippen molar-refractivity contribution in [3.63, 3.8) is 0 Å². The van der Waals surface area contributed by atoms with E-state index in [4.69, 9.17) is 16.9 Å². The first-order chi connectivity index (χ1) is 8.70. The summed E-state index contributed by atoms with van der Waals surface area (Å²) in [4.78, 5) is 4.02. The Bertz CT molecular complexity index is 607. The van der Waals surface area contributed by atoms with Gasteiger partial charge in [0.1, 0.15) is 0 Å². The van der Waals surface area contributed by atoms with Gasteiger partial charge in [-0.2, -0.15) is 5.26 Å². The van der Waals surface area contributed by atoms with Crippen LogP contribution in [0.5, 0.6) is 0 Å². The number of nitriles is 1. The molecule has 1 N–H and O–H groups in total. The van der Waals surface area contributed by atoms with Gasteiger partial charge in [0.2, 0.25) is 0 Å². The van der Waals surface area contributed by atoms with Crippen LogP contribution in [0.3, 0.4) is 0 Å². The summed E-state index contributed by atoms with van der Waals surface area (Å²) < 4.78 is 0.850. The molecule has 0 saturated carbocycles. The highest BCUT2D eigenvalue weighted by Crippen LogP contribution is 2.23. The van der Waals surface area contributed by atoms with Crippen LogP contribution in [0.25, 0.3) is 0 Å². The first kappa shape index (κ1) is 12.9. The zero-order valence-electron chi connectivity index (χ0n) is 9.32. The van der Waals surface area contributed by atoms with E-state index in [-0.39, 0.29) is 0 Å². The van der Waals surface area contributed by atoms with Gasteiger partial charge in [0.05, 0.1) is 17.3 Å². The molecule has 0 fully saturated rings. The molecular weight excluding hydrogens is 314 g/mol. The van der Waals surface area contributed by atoms with Crippen LogP contribution >= 0.6 is 27.5 Å². The van der Waals surface area contributed by atoms with Crippen molar-refractivity contribution >= 4 is 33.2 Å². The quantitative estimate of drug-likeness (QED) is 0.870. The maximum atomic E-state index is 8.99. The number of anilines is 1. The number of benzene rings is 1. The molecule has 5 heteroatoms. The Labute approximate surface area is 119 Å². The molecule has 0 atom stereocenters. The molecule has 0 unspecified atom stereocenters. The largest absolute Gasteiger partial charge is 0.378 e. The number of halogens is 2. The molecule has 2 aromatic rings. The van der Waals surface area contributed by atoms with E-state index in [1.807, 2.05) is 24.3 Å². The van der Waals surface area contributed by atoms with Crippen molar-refractivity contribution in [3.8, 4) is 6.07 Å². The molecular formula is C13H9BrClN3. The van der Waals surface area contributed by atoms with Crippen molar-refractivity contribution in [2.75, 3.05) is 5.32 Å². The molecule has 1 aromatic heterocycles. The molecule has 0 radical (unpaired) electrons. The molecule has 90 valence electrons. The summed E-state index contributed by atoms with van der Waals surface area (Å²) in [7, 11) is 0. The summed E-state index contributed by atoms with van der Waals surface area (Å²) in [5.41, 5.74) is 2.32. The third-order valence-electron chi connectivity index (χ3n) is 2.41. The molecule has 2 rings (SSSR count). The Morgan fingerprint density at radius 2 is 2.17 bits per heavy atom. The Balaban J connectivity index is 2.17. The highest BCUT2D eigenvalue weighted by Gasteiger charge is 2.04. The average Bonchev–Trinajstić information content (AvgIpc) is 2.40. The lowest BCUT2D eigenvalue weighted by molar-refractivity contribution is 1.12. The lowest BCUT2D eigenvalue weighted by atomic mass is 10.1. The highest BCUT2D eigenvalue weighted by molar-refractivity contribution is 9.10. The number of hydrogen-bond acceptors (Lipinski definition) is 3. The predicted octanol–water partition coefficient (Wildman–Crippen LogP) is 3.98. The Kier molecular flexibility index (Phi) is 4.19. The van der Waals surface area contributed by atoms with Crippen molar-refractivity contribution in [1.82, 2.24) is 4.98 Å². The average molecular weight is 323 g/mol. The number of nitrogens with zero attached hydrogens (tertiary/aromatic N) is 2. The first-order valence-electron chi connectivity index (χ1n) is 5.23. The lowest BCUT2D eigenvalue weighted by Crippen LogP contribution is -2.02. The van der Waals surface area contributed by atoms with Gasteiger partial charge in [0.15, 0.2) is 5.15 Å². The number of aromatic nitrogens is 1. The van der Waals surface area contributed by atoms with Gasteiger partial charge in [-0.1, -0.05) is 29.8 Å². The van der Waals surface area contributed by atoms with Crippen LogP contribution in [0.1, 0.15) is 11.1 Å². The minimum atomic E-state index is 0.410. The van der Waals surface area contributed by atoms with Gasteiger partial charge in [-0.05, 0) is 33.6 Å². The Morgan fingerprint density at radius 1 is 1.39 bits per heavy atom. The van der Waals surface area contributed by atoms with E-state index in [1.165, 1.54) is 0 Å². The molecule has 0 amide bonds. The normalized spacial score (nSPS) is 9.83. The summed E-state index contributed by atoms with van der Waals surface area (Å²) >= 11 is 9.31. The van der Waals surface area contributed by atoms with Crippen LogP contribution in [0.15, 0.2) is 41.0 Å². The zero-order chi connectivity index (χ0) is 13.0. The summed E-state index contributed by atoms with van der Waals surface area (Å²) in [6.45, 7) is 0.529. The SMILES string of the molecule is N#Cc1ccccc1CNc1cc(Br)cnc1Cl. The third-order valence-corrected chi connectivity index (χ3v) is 3.15. The van der Waals surface area contributed by atoms with Crippen LogP contribution < -0.4 is 5.32 Å². The Hall–Kier alpha value is -1.57. The van der Waals surface area contributed by atoms with Crippen molar-refractivity contribution in [2.24, 2.45) is 0 Å². The topological polar surface area (TPSA) is 48.7 Å². The van der Waals surface area contributed by atoms with E-state index in [0.717, 1.165) is 15.7 Å². The van der Waals surface area contributed by atoms with Gasteiger partial charge in [-0.25, -0.2) is 4.98 Å². The molecule has 18 heavy (non-hydrogen) atoms. The fourth-order valence-electron chi connectivity index (χ4n) is 1.52. The van der Waals surface area contributed by atoms with Crippen molar-refractivity contribution < 1.29 is 0 Å². The second kappa shape index (κ2) is 5.85. The molecule has 0 aliphatic heterocycles. The van der Waals surface area contributed by atoms with E-state index in [2.05, 4.69) is 32.3 Å². The van der Waals surface area contributed by atoms with E-state index >= 15 is 0 Å². The zero-order valence-corrected chi connectivity index (χ0v) is 11.7. The minimum absolute atomic E-state index is 0.410. The molecule has 0 saturated heterocycles. The molecule has 0 aliphatic rings. The van der Waals surface area contributed by atoms with Crippen LogP contribution in [-0.2, 0) is 6.54 Å². The molecule has 0 spiro atoms. The number of hydrogen-bond donors (Lipinski definition) is 1. The minimum Gasteiger partial charge on any atom is -0.378 e. The fourth-order valence-corrected chi connectivity index (χ4v) is 2.02. The number of rotatable bonds is 3. The third kappa shape index (κ3) is 3.00. The first-order valence-corrected chi connectivity index (χ1v) is 6.40. The van der Waals surface area contributed by atoms with Gasteiger partial charge < -0.3 is 5.32 Å². The number of pyridine rings is 1. The van der Waals surface area contributed by atoms with Crippen LogP contribution in [-0.4, -0.2) is 4.98 Å². The smallest absolute Gasteiger partial charge is 0.152 e. The predicted molar refractivity (Wildman–Crippen MR) is 75.4 cm³/mol. The fraction of sp³-hybridized carbons (Fsp3) is 0.0769. The van der Waals surface area contributed by atoms with E-state index in [0.29, 0.717) is 17.3 Å². The molecule has 1 heterocycles. The molecule has 0 aliphatic carbocycles. The van der Waals surface area contributed by atoms with Crippen molar-refractivity contribution in [2.45, 2.75) is 6.54 Å². The molecule has 1 aromatic carbocycles. The maximum absolute atomic E-state index is 8.99. The van der Waals surface area contributed by atoms with Crippen LogP contribution in [0, 0.1) is 11.3 Å². The molecule has 3 nitrogen and oxygen atoms in total. The lowest BCUT2D eigenvalue weighted by Gasteiger charge is -2.09. The standard InChI is InChI=1S/C13H9BrClN3/c14-11-5-12(13(15)18-8-11)17-7-10-4-2-1-3-9(10)6-16/h1-5,8,17H,7H2. The van der Waals surface area contributed by atoms with Gasteiger partial charge in [0.25, 0.3) is 0 Å². The summed E-state index contributed by atoms with van der Waals surface area (Å²) in [6.07, 6.45) is 1.64. The summed E-state index contributed by atoms with van der Waals surface area (Å²) in [5, 5.41) is 12.6. The second-order valence-corrected chi connectivity index (χ2v) is 4.89. The Morgan fingerprint density at radius 3 is 2.94 bits per heavy atom. The summed E-state index contributed by atoms with van der Waals surface area (Å²) in [5.74, 6) is 0. The van der Waals surface area contributed by atoms with Crippen LogP contribution in [0.4, 0.5) is 5.69 Å². The van der Waals surface area contributed by atoms with Gasteiger partial charge in [-0.15, -0.1) is 0 Å². The monoisotopic (exact) mass is 321 g/mol.